The zero-order valence-electron chi connectivity index (χ0n) is 17.4. The normalized spacial score (nSPS) is 15.2. The van der Waals surface area contributed by atoms with Gasteiger partial charge in [0.05, 0.1) is 40.5 Å². The van der Waals surface area contributed by atoms with Gasteiger partial charge in [0.2, 0.25) is 15.9 Å². The van der Waals surface area contributed by atoms with Crippen LogP contribution in [-0.2, 0) is 26.1 Å². The van der Waals surface area contributed by atoms with Gasteiger partial charge in [-0.2, -0.15) is 4.31 Å². The van der Waals surface area contributed by atoms with Crippen LogP contribution in [0.5, 0.6) is 0 Å². The average Bonchev–Trinajstić information content (AvgIpc) is 3.06. The maximum Gasteiger partial charge on any atom is 0.262 e. The van der Waals surface area contributed by atoms with Gasteiger partial charge in [-0.25, -0.2) is 13.4 Å². The maximum atomic E-state index is 12.9. The number of sulfonamides is 1. The minimum atomic E-state index is -3.75. The van der Waals surface area contributed by atoms with Gasteiger partial charge in [0.25, 0.3) is 5.56 Å². The Morgan fingerprint density at radius 2 is 2.00 bits per heavy atom. The fraction of sp³-hybridized carbons (Fsp3) is 0.350. The van der Waals surface area contributed by atoms with Crippen LogP contribution in [0.4, 0.5) is 5.69 Å². The van der Waals surface area contributed by atoms with E-state index in [2.05, 4.69) is 10.3 Å². The van der Waals surface area contributed by atoms with E-state index in [1.165, 1.54) is 44.7 Å². The number of carbonyl (C=O) groups is 1. The van der Waals surface area contributed by atoms with Crippen LogP contribution in [0.15, 0.2) is 34.2 Å². The molecule has 32 heavy (non-hydrogen) atoms. The van der Waals surface area contributed by atoms with Crippen LogP contribution in [-0.4, -0.2) is 54.5 Å². The Hall–Kier alpha value is -2.31. The number of morpholine rings is 1. The van der Waals surface area contributed by atoms with E-state index in [-0.39, 0.29) is 40.8 Å². The number of aryl methyl sites for hydroxylation is 2. The van der Waals surface area contributed by atoms with Crippen molar-refractivity contribution < 1.29 is 17.9 Å². The van der Waals surface area contributed by atoms with Crippen molar-refractivity contribution in [2.75, 3.05) is 31.6 Å². The fourth-order valence-electron chi connectivity index (χ4n) is 3.42. The van der Waals surface area contributed by atoms with Crippen molar-refractivity contribution in [3.05, 3.63) is 50.3 Å². The zero-order valence-corrected chi connectivity index (χ0v) is 19.8. The third-order valence-corrected chi connectivity index (χ3v) is 8.63. The number of carbonyl (C=O) groups excluding carboxylic acids is 1. The second-order valence-electron chi connectivity index (χ2n) is 7.35. The molecular formula is C20H21ClN4O5S2. The first kappa shape index (κ1) is 22.9. The molecule has 12 heteroatoms. The number of ether oxygens (including phenoxy) is 1. The summed E-state index contributed by atoms with van der Waals surface area (Å²) in [7, 11) is -3.75. The third kappa shape index (κ3) is 4.30. The summed E-state index contributed by atoms with van der Waals surface area (Å²) in [4.78, 5) is 31.4. The second-order valence-corrected chi connectivity index (χ2v) is 10.9. The lowest BCUT2D eigenvalue weighted by atomic mass is 10.2. The van der Waals surface area contributed by atoms with E-state index < -0.39 is 15.9 Å². The number of halogens is 1. The number of aromatic nitrogens is 2. The van der Waals surface area contributed by atoms with Crippen molar-refractivity contribution in [3.8, 4) is 0 Å². The van der Waals surface area contributed by atoms with Gasteiger partial charge in [0.1, 0.15) is 11.4 Å². The first-order chi connectivity index (χ1) is 15.2. The molecule has 1 aliphatic rings. The minimum Gasteiger partial charge on any atom is -0.379 e. The molecule has 170 valence electrons. The highest BCUT2D eigenvalue weighted by Crippen LogP contribution is 2.28. The molecule has 0 saturated carbocycles. The molecule has 1 fully saturated rings. The molecule has 3 aromatic rings. The van der Waals surface area contributed by atoms with Crippen LogP contribution in [0.1, 0.15) is 10.4 Å². The van der Waals surface area contributed by atoms with Gasteiger partial charge in [-0.1, -0.05) is 11.6 Å². The first-order valence-corrected chi connectivity index (χ1v) is 12.4. The number of rotatable bonds is 5. The number of thiophene rings is 1. The zero-order chi connectivity index (χ0) is 23.0. The number of nitrogens with zero attached hydrogens (tertiary/aromatic N) is 3. The van der Waals surface area contributed by atoms with Crippen molar-refractivity contribution in [1.82, 2.24) is 13.9 Å². The smallest absolute Gasteiger partial charge is 0.262 e. The molecule has 2 aromatic heterocycles. The summed E-state index contributed by atoms with van der Waals surface area (Å²) in [5, 5.41) is 3.29. The molecule has 0 aliphatic carbocycles. The van der Waals surface area contributed by atoms with E-state index in [0.717, 1.165) is 10.4 Å². The van der Waals surface area contributed by atoms with Crippen molar-refractivity contribution in [2.45, 2.75) is 25.3 Å². The number of amides is 1. The molecule has 0 unspecified atom stereocenters. The van der Waals surface area contributed by atoms with Crippen molar-refractivity contribution in [1.29, 1.82) is 0 Å². The molecule has 0 spiro atoms. The summed E-state index contributed by atoms with van der Waals surface area (Å²) in [5.74, 6) is -0.527. The Bertz CT molecular complexity index is 1360. The van der Waals surface area contributed by atoms with Gasteiger partial charge in [0.15, 0.2) is 0 Å². The summed E-state index contributed by atoms with van der Waals surface area (Å²) in [5.41, 5.74) is 0.693. The Balaban J connectivity index is 1.57. The van der Waals surface area contributed by atoms with Crippen LogP contribution in [0, 0.1) is 13.8 Å². The number of anilines is 1. The predicted octanol–water partition coefficient (Wildman–Crippen LogP) is 2.39. The monoisotopic (exact) mass is 496 g/mol. The van der Waals surface area contributed by atoms with Gasteiger partial charge in [-0.05, 0) is 37.6 Å². The topological polar surface area (TPSA) is 111 Å². The number of benzene rings is 1. The molecular weight excluding hydrogens is 476 g/mol. The number of fused-ring (bicyclic) bond motifs is 1. The summed E-state index contributed by atoms with van der Waals surface area (Å²) in [6.07, 6.45) is 1.33. The highest BCUT2D eigenvalue weighted by molar-refractivity contribution is 7.89. The van der Waals surface area contributed by atoms with E-state index >= 15 is 0 Å². The van der Waals surface area contributed by atoms with E-state index in [4.69, 9.17) is 16.3 Å². The number of hydrogen-bond donors (Lipinski definition) is 1. The summed E-state index contributed by atoms with van der Waals surface area (Å²) in [6, 6.07) is 4.14. The van der Waals surface area contributed by atoms with Crippen LogP contribution in [0.3, 0.4) is 0 Å². The molecule has 1 aromatic carbocycles. The van der Waals surface area contributed by atoms with E-state index in [1.54, 1.807) is 0 Å². The van der Waals surface area contributed by atoms with Crippen molar-refractivity contribution in [2.24, 2.45) is 0 Å². The lowest BCUT2D eigenvalue weighted by Crippen LogP contribution is -2.40. The Morgan fingerprint density at radius 1 is 1.28 bits per heavy atom. The number of hydrogen-bond acceptors (Lipinski definition) is 7. The quantitative estimate of drug-likeness (QED) is 0.580. The molecule has 1 saturated heterocycles. The average molecular weight is 497 g/mol. The van der Waals surface area contributed by atoms with Crippen LogP contribution in [0.25, 0.3) is 10.2 Å². The molecule has 0 bridgehead atoms. The molecule has 1 N–H and O–H groups in total. The lowest BCUT2D eigenvalue weighted by molar-refractivity contribution is -0.116. The van der Waals surface area contributed by atoms with E-state index in [0.29, 0.717) is 23.4 Å². The summed E-state index contributed by atoms with van der Waals surface area (Å²) >= 11 is 7.62. The Labute approximate surface area is 193 Å². The second kappa shape index (κ2) is 8.91. The molecule has 1 amide bonds. The summed E-state index contributed by atoms with van der Waals surface area (Å²) < 4.78 is 33.5. The molecule has 0 atom stereocenters. The van der Waals surface area contributed by atoms with Gasteiger partial charge in [0, 0.05) is 18.0 Å². The van der Waals surface area contributed by atoms with Crippen molar-refractivity contribution >= 4 is 54.8 Å². The largest absolute Gasteiger partial charge is 0.379 e. The Kier molecular flexibility index (Phi) is 6.37. The standard InChI is InChI=1S/C20H21ClN4O5S2/c1-12-13(2)31-19-18(12)20(27)24(11-22-19)10-17(26)23-16-9-14(3-4-15(16)21)32(28,29)25-5-7-30-8-6-25/h3-4,9,11H,5-8,10H2,1-2H3,(H,23,26). The van der Waals surface area contributed by atoms with Gasteiger partial charge in [-0.15, -0.1) is 11.3 Å². The van der Waals surface area contributed by atoms with E-state index in [9.17, 15) is 18.0 Å². The minimum absolute atomic E-state index is 0.0173. The van der Waals surface area contributed by atoms with Crippen LogP contribution in [0.2, 0.25) is 5.02 Å². The van der Waals surface area contributed by atoms with Gasteiger partial charge in [-0.3, -0.25) is 14.2 Å². The van der Waals surface area contributed by atoms with Crippen LogP contribution >= 0.6 is 22.9 Å². The predicted molar refractivity (Wildman–Crippen MR) is 123 cm³/mol. The summed E-state index contributed by atoms with van der Waals surface area (Å²) in [6.45, 7) is 4.64. The number of nitrogens with one attached hydrogen (secondary N) is 1. The van der Waals surface area contributed by atoms with Crippen LogP contribution < -0.4 is 10.9 Å². The molecule has 3 heterocycles. The fourth-order valence-corrected chi connectivity index (χ4v) is 6.01. The van der Waals surface area contributed by atoms with Gasteiger partial charge >= 0.3 is 0 Å². The molecule has 4 rings (SSSR count). The SMILES string of the molecule is Cc1sc2ncn(CC(=O)Nc3cc(S(=O)(=O)N4CCOCC4)ccc3Cl)c(=O)c2c1C. The maximum absolute atomic E-state index is 12.9. The Morgan fingerprint density at radius 3 is 2.72 bits per heavy atom. The highest BCUT2D eigenvalue weighted by atomic mass is 35.5. The van der Waals surface area contributed by atoms with E-state index in [1.807, 2.05) is 13.8 Å². The molecule has 9 nitrogen and oxygen atoms in total. The first-order valence-electron chi connectivity index (χ1n) is 9.81. The molecule has 1 aliphatic heterocycles. The van der Waals surface area contributed by atoms with Gasteiger partial charge < -0.3 is 10.1 Å². The lowest BCUT2D eigenvalue weighted by Gasteiger charge is -2.26. The molecule has 0 radical (unpaired) electrons. The third-order valence-electron chi connectivity index (χ3n) is 5.29. The highest BCUT2D eigenvalue weighted by Gasteiger charge is 2.27. The van der Waals surface area contributed by atoms with Crippen molar-refractivity contribution in [3.63, 3.8) is 0 Å².